The molecule has 402 valence electrons. The van der Waals surface area contributed by atoms with Crippen LogP contribution in [0, 0.1) is 39.5 Å². The van der Waals surface area contributed by atoms with E-state index < -0.39 is 30.8 Å². The summed E-state index contributed by atoms with van der Waals surface area (Å²) in [5, 5.41) is 19.6. The number of halogens is 1. The zero-order valence-corrected chi connectivity index (χ0v) is 46.4. The van der Waals surface area contributed by atoms with Crippen LogP contribution in [-0.2, 0) is 19.2 Å². The molecule has 0 aliphatic carbocycles. The van der Waals surface area contributed by atoms with Crippen molar-refractivity contribution in [2.24, 2.45) is 11.8 Å². The highest BCUT2D eigenvalue weighted by molar-refractivity contribution is 7.19. The summed E-state index contributed by atoms with van der Waals surface area (Å²) < 4.78 is 18.0. The van der Waals surface area contributed by atoms with Gasteiger partial charge in [0, 0.05) is 35.8 Å². The van der Waals surface area contributed by atoms with Gasteiger partial charge < -0.3 is 35.8 Å². The van der Waals surface area contributed by atoms with Crippen LogP contribution in [0.1, 0.15) is 134 Å². The molecule has 0 spiro atoms. The lowest BCUT2D eigenvalue weighted by atomic mass is 9.89. The Labute approximate surface area is 450 Å². The molecule has 4 aliphatic heterocycles. The number of hydrogen-bond donors (Lipinski definition) is 4. The third-order valence-corrected chi connectivity index (χ3v) is 17.5. The summed E-state index contributed by atoms with van der Waals surface area (Å²) in [5.41, 5.74) is 9.25. The van der Waals surface area contributed by atoms with Crippen molar-refractivity contribution in [2.75, 3.05) is 71.2 Å². The normalized spacial score (nSPS) is 20.9. The number of aromatic nitrogens is 4. The highest BCUT2D eigenvalue weighted by atomic mass is 32.1. The van der Waals surface area contributed by atoms with Crippen molar-refractivity contribution >= 4 is 78.2 Å². The predicted molar refractivity (Wildman–Crippen MR) is 300 cm³/mol. The number of anilines is 2. The Balaban J connectivity index is 0.000000179. The summed E-state index contributed by atoms with van der Waals surface area (Å²) in [6.07, 6.45) is 12.3. The van der Waals surface area contributed by atoms with E-state index in [1.165, 1.54) is 75.5 Å². The van der Waals surface area contributed by atoms with Gasteiger partial charge in [0.2, 0.25) is 0 Å². The third kappa shape index (κ3) is 15.0. The minimum absolute atomic E-state index is 0.129. The zero-order chi connectivity index (χ0) is 54.6. The number of carbonyl (C=O) groups excluding carboxylic acids is 3. The summed E-state index contributed by atoms with van der Waals surface area (Å²) in [4.78, 5) is 72.2. The number of carboxylic acids is 1. The van der Waals surface area contributed by atoms with Crippen LogP contribution in [0.5, 0.6) is 0 Å². The van der Waals surface area contributed by atoms with E-state index >= 15 is 0 Å². The smallest absolute Gasteiger partial charge is 0.394 e. The number of aliphatic carboxylic acids is 1. The maximum Gasteiger partial charge on any atom is 0.394 e. The highest BCUT2D eigenvalue weighted by Crippen LogP contribution is 2.39. The number of thiazole rings is 2. The Kier molecular flexibility index (Phi) is 19.5. The molecule has 2 aromatic carbocycles. The van der Waals surface area contributed by atoms with Gasteiger partial charge in [0.15, 0.2) is 0 Å². The van der Waals surface area contributed by atoms with Crippen LogP contribution in [0.2, 0.25) is 0 Å². The first-order chi connectivity index (χ1) is 36.4. The minimum Gasteiger partial charge on any atom is -0.474 e. The minimum atomic E-state index is -1.51. The number of hydrogen-bond acceptors (Lipinski definition) is 13. The van der Waals surface area contributed by atoms with Crippen molar-refractivity contribution in [3.8, 4) is 0 Å². The van der Waals surface area contributed by atoms with Crippen LogP contribution >= 0.6 is 22.7 Å². The van der Waals surface area contributed by atoms with Crippen LogP contribution in [0.25, 0.3) is 20.4 Å². The second kappa shape index (κ2) is 26.3. The van der Waals surface area contributed by atoms with Gasteiger partial charge in [0.1, 0.15) is 0 Å². The van der Waals surface area contributed by atoms with Gasteiger partial charge in [-0.2, -0.15) is 0 Å². The van der Waals surface area contributed by atoms with Crippen LogP contribution in [0.3, 0.4) is 0 Å². The molecule has 0 unspecified atom stereocenters. The van der Waals surface area contributed by atoms with Gasteiger partial charge in [-0.3, -0.25) is 28.7 Å². The molecule has 8 heterocycles. The maximum atomic E-state index is 13.4. The molecule has 4 atom stereocenters. The Bertz CT molecular complexity index is 2930. The number of piperidine rings is 4. The lowest BCUT2D eigenvalue weighted by molar-refractivity contribution is -0.147. The fourth-order valence-electron chi connectivity index (χ4n) is 10.1. The average molecular weight is 1060 g/mol. The lowest BCUT2D eigenvalue weighted by Gasteiger charge is -2.38. The summed E-state index contributed by atoms with van der Waals surface area (Å²) >= 11 is 3.71. The van der Waals surface area contributed by atoms with E-state index in [4.69, 9.17) is 16.4 Å². The number of nitrogens with one attached hydrogen (secondary N) is 3. The topological polar surface area (TPSA) is 186 Å². The van der Waals surface area contributed by atoms with Gasteiger partial charge in [-0.15, -0.1) is 22.7 Å². The average Bonchev–Trinajstić information content (AvgIpc) is 4.05. The SMILES string of the molecule is C[C@H]1CC[C@H](c2ccc3sc(C4CCN(C)CC4)nc3c2)NC1.Cc1cc(NC(=O)C(=O)N2C[C@@H](C)CC[C@@H]2c2ccc3sc(C4CCN(C)CC4)nc3c2)cnc1C.Cc1cc(NC(=O)C(=O)O)cnc1C.[2H]CF. The van der Waals surface area contributed by atoms with E-state index in [1.54, 1.807) is 28.5 Å². The number of likely N-dealkylation sites (tertiary alicyclic amines) is 3. The second-order valence-corrected chi connectivity index (χ2v) is 23.1. The fourth-order valence-corrected chi connectivity index (χ4v) is 12.4. The molecule has 4 saturated heterocycles. The molecule has 18 heteroatoms. The fraction of sp³-hybridized carbons (Fsp3) is 0.509. The van der Waals surface area contributed by atoms with E-state index in [9.17, 15) is 23.6 Å². The van der Waals surface area contributed by atoms with E-state index in [2.05, 4.69) is 100 Å². The molecule has 0 bridgehead atoms. The van der Waals surface area contributed by atoms with Crippen LogP contribution in [0.15, 0.2) is 60.9 Å². The van der Waals surface area contributed by atoms with Crippen molar-refractivity contribution < 1.29 is 30.0 Å². The van der Waals surface area contributed by atoms with Crippen molar-refractivity contribution in [3.63, 3.8) is 0 Å². The van der Waals surface area contributed by atoms with Crippen LogP contribution < -0.4 is 16.0 Å². The molecule has 6 aromatic rings. The van der Waals surface area contributed by atoms with Gasteiger partial charge in [-0.05, 0) is 196 Å². The largest absolute Gasteiger partial charge is 0.474 e. The van der Waals surface area contributed by atoms with Crippen LogP contribution in [-0.4, -0.2) is 124 Å². The molecule has 4 aliphatic rings. The first-order valence-electron chi connectivity index (χ1n) is 26.9. The second-order valence-electron chi connectivity index (χ2n) is 21.0. The third-order valence-electron chi connectivity index (χ3n) is 15.1. The van der Waals surface area contributed by atoms with Gasteiger partial charge in [0.05, 0.1) is 68.8 Å². The zero-order valence-electron chi connectivity index (χ0n) is 45.7. The number of nitrogens with zero attached hydrogens (tertiary/aromatic N) is 7. The Hall–Kier alpha value is -5.79. The summed E-state index contributed by atoms with van der Waals surface area (Å²) in [6, 6.07) is 17.2. The Morgan fingerprint density at radius 3 is 1.64 bits per heavy atom. The van der Waals surface area contributed by atoms with Gasteiger partial charge in [-0.1, -0.05) is 26.0 Å². The molecular weight excluding hydrogens is 988 g/mol. The molecule has 3 amide bonds. The number of rotatable bonds is 6. The van der Waals surface area contributed by atoms with E-state index in [0.717, 1.165) is 84.8 Å². The molecule has 0 radical (unpaired) electrons. The quantitative estimate of drug-likeness (QED) is 0.116. The van der Waals surface area contributed by atoms with Crippen LogP contribution in [0.4, 0.5) is 15.8 Å². The van der Waals surface area contributed by atoms with Gasteiger partial charge in [-0.25, -0.2) is 14.8 Å². The summed E-state index contributed by atoms with van der Waals surface area (Å²) in [6.45, 7) is 18.3. The monoisotopic (exact) mass is 1060 g/mol. The Morgan fingerprint density at radius 1 is 0.680 bits per heavy atom. The number of benzene rings is 2. The highest BCUT2D eigenvalue weighted by Gasteiger charge is 2.35. The van der Waals surface area contributed by atoms with Gasteiger partial charge in [0.25, 0.3) is 0 Å². The first kappa shape index (κ1) is 55.4. The lowest BCUT2D eigenvalue weighted by Crippen LogP contribution is -2.46. The summed E-state index contributed by atoms with van der Waals surface area (Å²) in [5.74, 6) is -1.32. The van der Waals surface area contributed by atoms with Crippen molar-refractivity contribution in [3.05, 3.63) is 105 Å². The Morgan fingerprint density at radius 2 is 1.16 bits per heavy atom. The molecule has 4 aromatic heterocycles. The molecule has 15 nitrogen and oxygen atoms in total. The standard InChI is InChI=1S/C28H35N5O2S.C19H27N3S.C9H10N2O3.CH3F/c1-17-5-7-24(33(16-17)28(35)26(34)30-22-13-18(2)19(3)29-15-22)21-6-8-25-23(14-21)31-27(36-25)20-9-11-32(4)12-10-20;1-13-3-5-16(20-12-13)15-4-6-18-17(11-15)21-19(23-18)14-7-9-22(2)10-8-14;1-5-3-7(4-10-6(5)2)11-8(12)9(13)14;1-2/h6,8,13-15,17,20,24H,5,7,9-12,16H2,1-4H3,(H,30,34);4,6,11,13-14,16,20H,3,5,7-10,12H2,1-2H3;3-4H,1-2H3,(H,11,12)(H,13,14);1H3/t17-,24+;13-,16+;;/m00../s1/i;;;1D. The number of amides is 3. The number of carbonyl (C=O) groups is 4. The van der Waals surface area contributed by atoms with Gasteiger partial charge >= 0.3 is 23.7 Å². The number of alkyl halides is 1. The van der Waals surface area contributed by atoms with E-state index in [1.807, 2.05) is 45.1 Å². The number of fused-ring (bicyclic) bond motifs is 2. The molecule has 4 fully saturated rings. The molecular formula is C57H75FN10O5S2. The van der Waals surface area contributed by atoms with Crippen molar-refractivity contribution in [1.82, 2.24) is 40.0 Å². The molecule has 10 rings (SSSR count). The first-order valence-corrected chi connectivity index (χ1v) is 27.8. The maximum absolute atomic E-state index is 13.4. The summed E-state index contributed by atoms with van der Waals surface area (Å²) in [7, 11) is 3.40. The molecule has 0 saturated carbocycles. The number of carboxylic acid groups (broad SMARTS) is 1. The van der Waals surface area contributed by atoms with Crippen molar-refractivity contribution in [2.45, 2.75) is 117 Å². The number of aryl methyl sites for hydroxylation is 4. The van der Waals surface area contributed by atoms with E-state index in [0.29, 0.717) is 41.7 Å². The predicted octanol–water partition coefficient (Wildman–Crippen LogP) is 10.5. The van der Waals surface area contributed by atoms with E-state index in [-0.39, 0.29) is 6.04 Å². The van der Waals surface area contributed by atoms with Crippen molar-refractivity contribution in [1.29, 1.82) is 0 Å². The number of pyridine rings is 2. The molecule has 4 N–H and O–H groups in total. The molecule has 75 heavy (non-hydrogen) atoms.